The van der Waals surface area contributed by atoms with Gasteiger partial charge in [-0.15, -0.1) is 0 Å². The number of hydrogen-bond donors (Lipinski definition) is 1. The fraction of sp³-hybridized carbons (Fsp3) is 0.647. The summed E-state index contributed by atoms with van der Waals surface area (Å²) in [7, 11) is 2.25. The van der Waals surface area contributed by atoms with Crippen LogP contribution in [0.25, 0.3) is 0 Å². The second kappa shape index (κ2) is 6.77. The molecule has 0 unspecified atom stereocenters. The lowest BCUT2D eigenvalue weighted by Gasteiger charge is -2.36. The molecule has 1 aromatic rings. The van der Waals surface area contributed by atoms with Gasteiger partial charge in [0.25, 0.3) is 0 Å². The van der Waals surface area contributed by atoms with Crippen LogP contribution < -0.4 is 4.74 Å². The zero-order chi connectivity index (χ0) is 14.7. The second-order valence-corrected chi connectivity index (χ2v) is 6.46. The van der Waals surface area contributed by atoms with Gasteiger partial charge in [0.05, 0.1) is 6.61 Å². The van der Waals surface area contributed by atoms with Crippen molar-refractivity contribution in [2.75, 3.05) is 39.9 Å². The van der Waals surface area contributed by atoms with Crippen molar-refractivity contribution in [2.45, 2.75) is 25.4 Å². The first-order valence-electron chi connectivity index (χ1n) is 8.00. The lowest BCUT2D eigenvalue weighted by atomic mass is 9.94. The monoisotopic (exact) mass is 290 g/mol. The summed E-state index contributed by atoms with van der Waals surface area (Å²) < 4.78 is 5.41. The second-order valence-electron chi connectivity index (χ2n) is 6.46. The molecule has 116 valence electrons. The first-order valence-corrected chi connectivity index (χ1v) is 8.00. The lowest BCUT2D eigenvalue weighted by Crippen LogP contribution is -2.43. The normalized spacial score (nSPS) is 26.8. The van der Waals surface area contributed by atoms with Gasteiger partial charge < -0.3 is 14.7 Å². The molecule has 3 fully saturated rings. The maximum atomic E-state index is 8.77. The SMILES string of the molecule is CN1C[C@@H]2CC[C@H](C1)N(Cc1ccc(OCCO)cc1)C2. The standard InChI is InChI=1S/C17H26N2O2/c1-18-10-15-2-5-16(13-18)19(12-15)11-14-3-6-17(7-4-14)21-9-8-20/h3-4,6-7,15-16,20H,2,5,8-13H2,1H3/t15-,16+/m0/s1. The van der Waals surface area contributed by atoms with E-state index in [0.29, 0.717) is 12.6 Å². The number of rotatable bonds is 5. The largest absolute Gasteiger partial charge is 0.491 e. The van der Waals surface area contributed by atoms with Gasteiger partial charge >= 0.3 is 0 Å². The minimum absolute atomic E-state index is 0.0616. The summed E-state index contributed by atoms with van der Waals surface area (Å²) in [4.78, 5) is 5.15. The van der Waals surface area contributed by atoms with Crippen molar-refractivity contribution in [3.63, 3.8) is 0 Å². The van der Waals surface area contributed by atoms with Crippen molar-refractivity contribution in [3.8, 4) is 5.75 Å². The predicted octanol–water partition coefficient (Wildman–Crippen LogP) is 1.58. The summed E-state index contributed by atoms with van der Waals surface area (Å²) in [5.74, 6) is 1.67. The molecular weight excluding hydrogens is 264 g/mol. The van der Waals surface area contributed by atoms with E-state index in [9.17, 15) is 0 Å². The molecule has 21 heavy (non-hydrogen) atoms. The summed E-state index contributed by atoms with van der Waals surface area (Å²) in [5, 5.41) is 8.77. The average molecular weight is 290 g/mol. The molecular formula is C17H26N2O2. The highest BCUT2D eigenvalue weighted by atomic mass is 16.5. The van der Waals surface area contributed by atoms with Crippen LogP contribution in [0.1, 0.15) is 18.4 Å². The van der Waals surface area contributed by atoms with Gasteiger partial charge in [-0.05, 0) is 43.5 Å². The summed E-state index contributed by atoms with van der Waals surface area (Å²) in [6.45, 7) is 5.15. The number of benzene rings is 1. The van der Waals surface area contributed by atoms with Crippen LogP contribution in [0.3, 0.4) is 0 Å². The molecule has 4 nitrogen and oxygen atoms in total. The number of aliphatic hydroxyl groups is 1. The molecule has 0 spiro atoms. The highest BCUT2D eigenvalue weighted by Crippen LogP contribution is 2.28. The third kappa shape index (κ3) is 3.76. The van der Waals surface area contributed by atoms with Crippen LogP contribution in [-0.2, 0) is 6.54 Å². The van der Waals surface area contributed by atoms with Crippen LogP contribution in [-0.4, -0.2) is 60.8 Å². The van der Waals surface area contributed by atoms with E-state index < -0.39 is 0 Å². The van der Waals surface area contributed by atoms with E-state index in [-0.39, 0.29) is 6.61 Å². The Bertz CT molecular complexity index is 449. The first kappa shape index (κ1) is 14.8. The summed E-state index contributed by atoms with van der Waals surface area (Å²) in [6.07, 6.45) is 2.73. The zero-order valence-corrected chi connectivity index (χ0v) is 12.9. The van der Waals surface area contributed by atoms with Crippen LogP contribution in [0.5, 0.6) is 5.75 Å². The molecule has 3 aliphatic rings. The summed E-state index contributed by atoms with van der Waals surface area (Å²) >= 11 is 0. The quantitative estimate of drug-likeness (QED) is 0.893. The number of ether oxygens (including phenoxy) is 1. The van der Waals surface area contributed by atoms with Gasteiger partial charge in [-0.3, -0.25) is 4.90 Å². The summed E-state index contributed by atoms with van der Waals surface area (Å²) in [5.41, 5.74) is 1.35. The molecule has 2 bridgehead atoms. The van der Waals surface area contributed by atoms with E-state index in [0.717, 1.165) is 18.2 Å². The van der Waals surface area contributed by atoms with Crippen molar-refractivity contribution in [3.05, 3.63) is 29.8 Å². The molecule has 0 amide bonds. The Balaban J connectivity index is 1.61. The van der Waals surface area contributed by atoms with E-state index in [1.807, 2.05) is 12.1 Å². The molecule has 0 aromatic heterocycles. The van der Waals surface area contributed by atoms with E-state index in [1.165, 1.54) is 38.0 Å². The average Bonchev–Trinajstić information content (AvgIpc) is 2.75. The number of hydrogen-bond acceptors (Lipinski definition) is 4. The van der Waals surface area contributed by atoms with E-state index in [1.54, 1.807) is 0 Å². The van der Waals surface area contributed by atoms with E-state index >= 15 is 0 Å². The fourth-order valence-electron chi connectivity index (χ4n) is 3.70. The third-order valence-electron chi connectivity index (χ3n) is 4.68. The van der Waals surface area contributed by atoms with Crippen molar-refractivity contribution >= 4 is 0 Å². The zero-order valence-electron chi connectivity index (χ0n) is 12.9. The van der Waals surface area contributed by atoms with Crippen molar-refractivity contribution in [1.82, 2.24) is 9.80 Å². The van der Waals surface area contributed by atoms with Crippen molar-refractivity contribution < 1.29 is 9.84 Å². The first-order chi connectivity index (χ1) is 10.2. The maximum absolute atomic E-state index is 8.77. The molecule has 3 saturated heterocycles. The maximum Gasteiger partial charge on any atom is 0.119 e. The molecule has 0 radical (unpaired) electrons. The van der Waals surface area contributed by atoms with Crippen LogP contribution >= 0.6 is 0 Å². The summed E-state index contributed by atoms with van der Waals surface area (Å²) in [6, 6.07) is 9.02. The number of likely N-dealkylation sites (N-methyl/N-ethyl adjacent to an activating group) is 1. The Morgan fingerprint density at radius 3 is 2.71 bits per heavy atom. The Morgan fingerprint density at radius 1 is 1.14 bits per heavy atom. The highest BCUT2D eigenvalue weighted by Gasteiger charge is 2.33. The van der Waals surface area contributed by atoms with E-state index in [4.69, 9.17) is 9.84 Å². The number of fused-ring (bicyclic) bond motifs is 4. The molecule has 0 saturated carbocycles. The number of piperidine rings is 1. The van der Waals surface area contributed by atoms with Gasteiger partial charge in [0.15, 0.2) is 0 Å². The third-order valence-corrected chi connectivity index (χ3v) is 4.68. The van der Waals surface area contributed by atoms with Gasteiger partial charge in [-0.1, -0.05) is 12.1 Å². The van der Waals surface area contributed by atoms with Gasteiger partial charge in [0, 0.05) is 32.2 Å². The number of aliphatic hydroxyl groups excluding tert-OH is 1. The Hall–Kier alpha value is -1.10. The van der Waals surface area contributed by atoms with Gasteiger partial charge in [-0.25, -0.2) is 0 Å². The molecule has 1 aromatic carbocycles. The van der Waals surface area contributed by atoms with Crippen LogP contribution in [0.15, 0.2) is 24.3 Å². The van der Waals surface area contributed by atoms with Crippen LogP contribution in [0.2, 0.25) is 0 Å². The number of nitrogens with zero attached hydrogens (tertiary/aromatic N) is 2. The molecule has 4 heteroatoms. The molecule has 4 rings (SSSR count). The van der Waals surface area contributed by atoms with E-state index in [2.05, 4.69) is 29.0 Å². The highest BCUT2D eigenvalue weighted by molar-refractivity contribution is 5.27. The van der Waals surface area contributed by atoms with Crippen LogP contribution in [0.4, 0.5) is 0 Å². The minimum Gasteiger partial charge on any atom is -0.491 e. The van der Waals surface area contributed by atoms with Gasteiger partial charge in [-0.2, -0.15) is 0 Å². The Morgan fingerprint density at radius 2 is 1.95 bits per heavy atom. The minimum atomic E-state index is 0.0616. The molecule has 0 aliphatic carbocycles. The van der Waals surface area contributed by atoms with Gasteiger partial charge in [0.1, 0.15) is 12.4 Å². The lowest BCUT2D eigenvalue weighted by molar-refractivity contribution is 0.124. The topological polar surface area (TPSA) is 35.9 Å². The molecule has 3 aliphatic heterocycles. The predicted molar refractivity (Wildman–Crippen MR) is 83.4 cm³/mol. The molecule has 2 atom stereocenters. The van der Waals surface area contributed by atoms with Crippen LogP contribution in [0, 0.1) is 5.92 Å². The fourth-order valence-corrected chi connectivity index (χ4v) is 3.70. The Kier molecular flexibility index (Phi) is 4.78. The molecule has 3 heterocycles. The van der Waals surface area contributed by atoms with Crippen molar-refractivity contribution in [1.29, 1.82) is 0 Å². The van der Waals surface area contributed by atoms with Crippen molar-refractivity contribution in [2.24, 2.45) is 5.92 Å². The molecule has 1 N–H and O–H groups in total. The van der Waals surface area contributed by atoms with Gasteiger partial charge in [0.2, 0.25) is 0 Å². The smallest absolute Gasteiger partial charge is 0.119 e. The Labute approximate surface area is 127 Å².